The van der Waals surface area contributed by atoms with Crippen LogP contribution in [0.2, 0.25) is 0 Å². The molecule has 1 rings (SSSR count). The summed E-state index contributed by atoms with van der Waals surface area (Å²) in [6, 6.07) is 6.46. The van der Waals surface area contributed by atoms with Crippen molar-refractivity contribution in [1.82, 2.24) is 0 Å². The van der Waals surface area contributed by atoms with Crippen LogP contribution in [0.3, 0.4) is 0 Å². The van der Waals surface area contributed by atoms with Crippen molar-refractivity contribution in [2.24, 2.45) is 0 Å². The molecule has 0 saturated carbocycles. The van der Waals surface area contributed by atoms with Crippen molar-refractivity contribution in [2.75, 3.05) is 0 Å². The minimum atomic E-state index is 1.06. The van der Waals surface area contributed by atoms with Gasteiger partial charge in [-0.15, -0.1) is 0 Å². The Kier molecular flexibility index (Phi) is 3.93. The molecule has 0 aliphatic carbocycles. The first-order chi connectivity index (χ1) is 6.81. The standard InChI is InChI=1S/C14H16/c1-4-7-13-10-9-12(6-3)11-14(13)8-5-2/h4-5,7-11H,1-2,6H2,3H3/b13-7-,14-8-. The van der Waals surface area contributed by atoms with Gasteiger partial charge in [0.15, 0.2) is 0 Å². The van der Waals surface area contributed by atoms with E-state index in [2.05, 4.69) is 38.3 Å². The van der Waals surface area contributed by atoms with Crippen molar-refractivity contribution in [3.05, 3.63) is 59.5 Å². The minimum Gasteiger partial charge on any atom is -0.0990 e. The molecule has 0 spiro atoms. The van der Waals surface area contributed by atoms with Gasteiger partial charge in [0.05, 0.1) is 0 Å². The summed E-state index contributed by atoms with van der Waals surface area (Å²) >= 11 is 0. The van der Waals surface area contributed by atoms with E-state index in [1.807, 2.05) is 18.2 Å². The van der Waals surface area contributed by atoms with Crippen LogP contribution in [0.4, 0.5) is 0 Å². The summed E-state index contributed by atoms with van der Waals surface area (Å²) in [6.45, 7) is 9.58. The molecule has 0 N–H and O–H groups in total. The van der Waals surface area contributed by atoms with Crippen LogP contribution in [0.25, 0.3) is 12.2 Å². The topological polar surface area (TPSA) is 0 Å². The van der Waals surface area contributed by atoms with E-state index >= 15 is 0 Å². The lowest BCUT2D eigenvalue weighted by Crippen LogP contribution is -2.24. The van der Waals surface area contributed by atoms with Crippen LogP contribution in [-0.2, 0) is 6.42 Å². The van der Waals surface area contributed by atoms with E-state index in [0.717, 1.165) is 6.42 Å². The van der Waals surface area contributed by atoms with E-state index in [-0.39, 0.29) is 0 Å². The molecular weight excluding hydrogens is 168 g/mol. The highest BCUT2D eigenvalue weighted by Crippen LogP contribution is 1.92. The Morgan fingerprint density at radius 2 is 1.71 bits per heavy atom. The van der Waals surface area contributed by atoms with Crippen molar-refractivity contribution in [1.29, 1.82) is 0 Å². The summed E-state index contributed by atoms with van der Waals surface area (Å²) in [4.78, 5) is 0. The van der Waals surface area contributed by atoms with Crippen LogP contribution in [0.15, 0.2) is 43.5 Å². The fraction of sp³-hybridized carbons (Fsp3) is 0.143. The molecule has 1 aromatic rings. The molecule has 0 nitrogen and oxygen atoms in total. The van der Waals surface area contributed by atoms with Gasteiger partial charge < -0.3 is 0 Å². The van der Waals surface area contributed by atoms with Crippen molar-refractivity contribution in [2.45, 2.75) is 13.3 Å². The molecule has 0 heteroatoms. The number of hydrogen-bond acceptors (Lipinski definition) is 0. The largest absolute Gasteiger partial charge is 0.0990 e. The molecule has 0 amide bonds. The lowest BCUT2D eigenvalue weighted by molar-refractivity contribution is 1.13. The first-order valence-corrected chi connectivity index (χ1v) is 4.86. The third-order valence-corrected chi connectivity index (χ3v) is 2.15. The van der Waals surface area contributed by atoms with E-state index in [9.17, 15) is 0 Å². The summed E-state index contributed by atoms with van der Waals surface area (Å²) in [6.07, 6.45) is 8.71. The lowest BCUT2D eigenvalue weighted by Gasteiger charge is -1.96. The summed E-state index contributed by atoms with van der Waals surface area (Å²) in [7, 11) is 0. The second kappa shape index (κ2) is 5.23. The van der Waals surface area contributed by atoms with Crippen LogP contribution in [-0.4, -0.2) is 0 Å². The number of rotatable bonds is 3. The van der Waals surface area contributed by atoms with Crippen LogP contribution in [0, 0.1) is 0 Å². The maximum atomic E-state index is 3.72. The number of aryl methyl sites for hydroxylation is 1. The zero-order chi connectivity index (χ0) is 10.4. The second-order valence-corrected chi connectivity index (χ2v) is 3.12. The zero-order valence-electron chi connectivity index (χ0n) is 8.66. The van der Waals surface area contributed by atoms with Gasteiger partial charge in [0.2, 0.25) is 0 Å². The maximum absolute atomic E-state index is 3.72. The van der Waals surface area contributed by atoms with Crippen molar-refractivity contribution in [3.63, 3.8) is 0 Å². The molecule has 0 aliphatic rings. The van der Waals surface area contributed by atoms with Gasteiger partial charge >= 0.3 is 0 Å². The SMILES string of the molecule is C=C/C=c1/ccc(CC)c/c1=C/C=C. The molecule has 0 saturated heterocycles. The second-order valence-electron chi connectivity index (χ2n) is 3.12. The van der Waals surface area contributed by atoms with Crippen LogP contribution >= 0.6 is 0 Å². The fourth-order valence-electron chi connectivity index (χ4n) is 1.39. The Morgan fingerprint density at radius 3 is 2.29 bits per heavy atom. The molecule has 0 atom stereocenters. The summed E-state index contributed by atoms with van der Waals surface area (Å²) in [5, 5.41) is 2.40. The van der Waals surface area contributed by atoms with Crippen molar-refractivity contribution < 1.29 is 0 Å². The van der Waals surface area contributed by atoms with Gasteiger partial charge in [-0.25, -0.2) is 0 Å². The van der Waals surface area contributed by atoms with E-state index in [1.54, 1.807) is 6.08 Å². The van der Waals surface area contributed by atoms with Gasteiger partial charge in [0.1, 0.15) is 0 Å². The molecule has 72 valence electrons. The molecule has 0 radical (unpaired) electrons. The number of allylic oxidation sites excluding steroid dienone is 2. The zero-order valence-corrected chi connectivity index (χ0v) is 8.66. The molecule has 0 unspecified atom stereocenters. The molecule has 14 heavy (non-hydrogen) atoms. The summed E-state index contributed by atoms with van der Waals surface area (Å²) in [5.74, 6) is 0. The lowest BCUT2D eigenvalue weighted by atomic mass is 10.1. The maximum Gasteiger partial charge on any atom is -0.0182 e. The van der Waals surface area contributed by atoms with Gasteiger partial charge in [0, 0.05) is 0 Å². The molecule has 0 heterocycles. The highest BCUT2D eigenvalue weighted by atomic mass is 13.9. The van der Waals surface area contributed by atoms with Gasteiger partial charge in [0.25, 0.3) is 0 Å². The molecule has 0 bridgehead atoms. The average Bonchev–Trinajstić information content (AvgIpc) is 2.21. The third-order valence-electron chi connectivity index (χ3n) is 2.15. The fourth-order valence-corrected chi connectivity index (χ4v) is 1.39. The van der Waals surface area contributed by atoms with E-state index < -0.39 is 0 Å². The third kappa shape index (κ3) is 2.46. The highest BCUT2D eigenvalue weighted by Gasteiger charge is 1.88. The van der Waals surface area contributed by atoms with E-state index in [4.69, 9.17) is 0 Å². The van der Waals surface area contributed by atoms with Crippen molar-refractivity contribution >= 4 is 12.2 Å². The molecule has 0 fully saturated rings. The van der Waals surface area contributed by atoms with Crippen LogP contribution in [0.1, 0.15) is 12.5 Å². The summed E-state index contributed by atoms with van der Waals surface area (Å²) < 4.78 is 0. The first kappa shape index (κ1) is 10.5. The Labute approximate surface area is 85.6 Å². The quantitative estimate of drug-likeness (QED) is 0.675. The minimum absolute atomic E-state index is 1.06. The van der Waals surface area contributed by atoms with Gasteiger partial charge in [-0.3, -0.25) is 0 Å². The Bertz CT molecular complexity index is 436. The van der Waals surface area contributed by atoms with Gasteiger partial charge in [-0.05, 0) is 22.4 Å². The Balaban J connectivity index is 3.47. The monoisotopic (exact) mass is 184 g/mol. The normalized spacial score (nSPS) is 12.9. The Morgan fingerprint density at radius 1 is 1.07 bits per heavy atom. The molecule has 1 aromatic carbocycles. The van der Waals surface area contributed by atoms with Crippen LogP contribution in [0.5, 0.6) is 0 Å². The predicted octanol–water partition coefficient (Wildman–Crippen LogP) is 2.18. The van der Waals surface area contributed by atoms with Crippen molar-refractivity contribution in [3.8, 4) is 0 Å². The highest BCUT2D eigenvalue weighted by molar-refractivity contribution is 5.43. The van der Waals surface area contributed by atoms with E-state index in [0.29, 0.717) is 0 Å². The Hall–Kier alpha value is -1.56. The smallest absolute Gasteiger partial charge is 0.0182 e. The first-order valence-electron chi connectivity index (χ1n) is 4.86. The van der Waals surface area contributed by atoms with Gasteiger partial charge in [-0.2, -0.15) is 0 Å². The molecule has 0 aliphatic heterocycles. The summed E-state index contributed by atoms with van der Waals surface area (Å²) in [5.41, 5.74) is 1.35. The van der Waals surface area contributed by atoms with Gasteiger partial charge in [-0.1, -0.05) is 62.6 Å². The average molecular weight is 184 g/mol. The predicted molar refractivity (Wildman–Crippen MR) is 64.4 cm³/mol. The molecular formula is C14H16. The van der Waals surface area contributed by atoms with E-state index in [1.165, 1.54) is 16.0 Å². The molecule has 0 aromatic heterocycles. The number of benzene rings is 1. The van der Waals surface area contributed by atoms with Crippen LogP contribution < -0.4 is 10.4 Å². The number of hydrogen-bond donors (Lipinski definition) is 0.